The monoisotopic (exact) mass is 586 g/mol. The fourth-order valence-electron chi connectivity index (χ4n) is 7.31. The van der Waals surface area contributed by atoms with E-state index in [1.165, 1.54) is 48.9 Å². The van der Waals surface area contributed by atoms with Crippen LogP contribution in [-0.4, -0.2) is 18.9 Å². The van der Waals surface area contributed by atoms with Crippen molar-refractivity contribution in [3.8, 4) is 28.5 Å². The summed E-state index contributed by atoms with van der Waals surface area (Å²) in [7, 11) is 0. The number of benzene rings is 6. The summed E-state index contributed by atoms with van der Waals surface area (Å²) in [4.78, 5) is 10.5. The van der Waals surface area contributed by atoms with Gasteiger partial charge in [0.05, 0.1) is 39.0 Å². The smallest absolute Gasteiger partial charge is 0.235 e. The molecule has 0 N–H and O–H groups in total. The lowest BCUT2D eigenvalue weighted by Gasteiger charge is -2.13. The zero-order valence-corrected chi connectivity index (χ0v) is 24.8. The van der Waals surface area contributed by atoms with Gasteiger partial charge in [0.1, 0.15) is 0 Å². The van der Waals surface area contributed by atoms with Gasteiger partial charge in [0.2, 0.25) is 5.95 Å². The molecule has 0 aliphatic heterocycles. The second-order valence-electron chi connectivity index (χ2n) is 11.8. The Kier molecular flexibility index (Phi) is 5.25. The first-order valence-electron chi connectivity index (χ1n) is 15.6. The Labute approximate surface area is 264 Å². The molecule has 0 fully saturated rings. The summed E-state index contributed by atoms with van der Waals surface area (Å²) < 4.78 is 4.68. The molecule has 10 aromatic rings. The van der Waals surface area contributed by atoms with Crippen molar-refractivity contribution in [3.63, 3.8) is 0 Å². The van der Waals surface area contributed by atoms with Crippen LogP contribution in [0, 0.1) is 0 Å². The van der Waals surface area contributed by atoms with E-state index >= 15 is 0 Å². The van der Waals surface area contributed by atoms with Gasteiger partial charge in [-0.2, -0.15) is 0 Å². The van der Waals surface area contributed by atoms with Crippen LogP contribution in [0.25, 0.3) is 88.4 Å². The molecule has 0 saturated heterocycles. The summed E-state index contributed by atoms with van der Waals surface area (Å²) in [5.41, 5.74) is 9.68. The van der Waals surface area contributed by atoms with Crippen LogP contribution >= 0.6 is 0 Å². The lowest BCUT2D eigenvalue weighted by Crippen LogP contribution is -2.04. The highest BCUT2D eigenvalue weighted by molar-refractivity contribution is 6.30. The lowest BCUT2D eigenvalue weighted by atomic mass is 10.00. The SMILES string of the molecule is c1ccc(-c2cc(-c3ccccc3)nc(-n3c4ccccc4c4c5c(ccc43)c3ccccc3n3c4ccccc4cc53)n2)cc1. The largest absolute Gasteiger partial charge is 0.309 e. The van der Waals surface area contributed by atoms with Gasteiger partial charge in [-0.1, -0.05) is 121 Å². The molecule has 10 rings (SSSR count). The molecule has 0 atom stereocenters. The van der Waals surface area contributed by atoms with Gasteiger partial charge in [-0.3, -0.25) is 4.57 Å². The lowest BCUT2D eigenvalue weighted by molar-refractivity contribution is 0.996. The maximum Gasteiger partial charge on any atom is 0.235 e. The van der Waals surface area contributed by atoms with Gasteiger partial charge in [0.15, 0.2) is 0 Å². The van der Waals surface area contributed by atoms with Crippen LogP contribution in [0.5, 0.6) is 0 Å². The molecule has 4 aromatic heterocycles. The van der Waals surface area contributed by atoms with E-state index < -0.39 is 0 Å². The van der Waals surface area contributed by atoms with E-state index in [1.54, 1.807) is 0 Å². The third-order valence-electron chi connectivity index (χ3n) is 9.29. The number of nitrogens with zero attached hydrogens (tertiary/aromatic N) is 4. The van der Waals surface area contributed by atoms with Crippen LogP contribution in [0.1, 0.15) is 0 Å². The molecule has 0 unspecified atom stereocenters. The highest BCUT2D eigenvalue weighted by Gasteiger charge is 2.21. The van der Waals surface area contributed by atoms with Crippen molar-refractivity contribution in [2.24, 2.45) is 0 Å². The van der Waals surface area contributed by atoms with E-state index in [0.717, 1.165) is 33.5 Å². The maximum atomic E-state index is 5.25. The number of para-hydroxylation sites is 3. The fraction of sp³-hybridized carbons (Fsp3) is 0. The molecule has 4 nitrogen and oxygen atoms in total. The molecule has 4 heterocycles. The van der Waals surface area contributed by atoms with E-state index in [2.05, 4.69) is 155 Å². The van der Waals surface area contributed by atoms with Crippen LogP contribution in [-0.2, 0) is 0 Å². The average Bonchev–Trinajstić information content (AvgIpc) is 3.69. The summed E-state index contributed by atoms with van der Waals surface area (Å²) in [6.07, 6.45) is 0. The summed E-state index contributed by atoms with van der Waals surface area (Å²) in [5.74, 6) is 0.656. The predicted octanol–water partition coefficient (Wildman–Crippen LogP) is 10.6. The Balaban J connectivity index is 1.38. The molecule has 0 radical (unpaired) electrons. The Morgan fingerprint density at radius 1 is 0.370 bits per heavy atom. The number of rotatable bonds is 3. The second-order valence-corrected chi connectivity index (χ2v) is 11.8. The highest BCUT2D eigenvalue weighted by atomic mass is 15.2. The minimum absolute atomic E-state index is 0.656. The van der Waals surface area contributed by atoms with Crippen LogP contribution < -0.4 is 0 Å². The van der Waals surface area contributed by atoms with Gasteiger partial charge in [0.25, 0.3) is 0 Å². The predicted molar refractivity (Wildman–Crippen MR) is 191 cm³/mol. The third kappa shape index (κ3) is 3.55. The third-order valence-corrected chi connectivity index (χ3v) is 9.29. The number of hydrogen-bond acceptors (Lipinski definition) is 2. The molecule has 6 aromatic carbocycles. The highest BCUT2D eigenvalue weighted by Crippen LogP contribution is 2.42. The Bertz CT molecular complexity index is 2730. The quantitative estimate of drug-likeness (QED) is 0.193. The van der Waals surface area contributed by atoms with E-state index in [9.17, 15) is 0 Å². The average molecular weight is 587 g/mol. The van der Waals surface area contributed by atoms with Gasteiger partial charge in [-0.25, -0.2) is 9.97 Å². The molecular formula is C42H26N4. The van der Waals surface area contributed by atoms with Gasteiger partial charge in [-0.05, 0) is 41.8 Å². The molecule has 214 valence electrons. The number of fused-ring (bicyclic) bond motifs is 12. The topological polar surface area (TPSA) is 35.1 Å². The first-order valence-corrected chi connectivity index (χ1v) is 15.6. The van der Waals surface area contributed by atoms with E-state index in [1.807, 2.05) is 12.1 Å². The van der Waals surface area contributed by atoms with Crippen molar-refractivity contribution in [1.82, 2.24) is 18.9 Å². The van der Waals surface area contributed by atoms with Crippen molar-refractivity contribution in [1.29, 1.82) is 0 Å². The van der Waals surface area contributed by atoms with Crippen molar-refractivity contribution >= 4 is 59.9 Å². The minimum atomic E-state index is 0.656. The fourth-order valence-corrected chi connectivity index (χ4v) is 7.31. The summed E-state index contributed by atoms with van der Waals surface area (Å²) in [6.45, 7) is 0. The van der Waals surface area contributed by atoms with Crippen molar-refractivity contribution in [2.45, 2.75) is 0 Å². The molecule has 0 spiro atoms. The van der Waals surface area contributed by atoms with Crippen molar-refractivity contribution < 1.29 is 0 Å². The Morgan fingerprint density at radius 2 is 0.935 bits per heavy atom. The van der Waals surface area contributed by atoms with Crippen LogP contribution in [0.4, 0.5) is 0 Å². The van der Waals surface area contributed by atoms with Crippen molar-refractivity contribution in [3.05, 3.63) is 158 Å². The summed E-state index contributed by atoms with van der Waals surface area (Å²) in [5, 5.41) is 7.34. The second kappa shape index (κ2) is 9.62. The van der Waals surface area contributed by atoms with E-state index in [0.29, 0.717) is 5.95 Å². The zero-order valence-electron chi connectivity index (χ0n) is 24.8. The first kappa shape index (κ1) is 25.1. The number of pyridine rings is 1. The zero-order chi connectivity index (χ0) is 30.2. The van der Waals surface area contributed by atoms with Crippen LogP contribution in [0.2, 0.25) is 0 Å². The summed E-state index contributed by atoms with van der Waals surface area (Å²) in [6, 6.07) is 55.8. The molecule has 0 amide bonds. The Morgan fingerprint density at radius 3 is 1.65 bits per heavy atom. The molecular weight excluding hydrogens is 560 g/mol. The van der Waals surface area contributed by atoms with Gasteiger partial charge in [0, 0.05) is 38.1 Å². The molecule has 0 saturated carbocycles. The van der Waals surface area contributed by atoms with Gasteiger partial charge < -0.3 is 4.40 Å². The number of aromatic nitrogens is 4. The summed E-state index contributed by atoms with van der Waals surface area (Å²) >= 11 is 0. The minimum Gasteiger partial charge on any atom is -0.309 e. The normalized spacial score (nSPS) is 11.9. The van der Waals surface area contributed by atoms with Crippen molar-refractivity contribution in [2.75, 3.05) is 0 Å². The molecule has 0 bridgehead atoms. The molecule has 0 aliphatic carbocycles. The Hall–Kier alpha value is -6.26. The standard InChI is InChI=1S/C42H26N4/c1-3-13-27(14-4-1)33-26-34(28-15-5-2-6-16-28)44-42(43-33)46-37-22-12-9-19-32(37)41-38(46)24-23-31-30-18-8-11-21-36(30)45-35-20-10-7-17-29(35)25-39(45)40(31)41/h1-26H. The molecule has 46 heavy (non-hydrogen) atoms. The van der Waals surface area contributed by atoms with Crippen LogP contribution in [0.15, 0.2) is 158 Å². The van der Waals surface area contributed by atoms with E-state index in [4.69, 9.17) is 9.97 Å². The number of hydrogen-bond donors (Lipinski definition) is 0. The molecule has 4 heteroatoms. The van der Waals surface area contributed by atoms with E-state index in [-0.39, 0.29) is 0 Å². The maximum absolute atomic E-state index is 5.25. The molecule has 0 aliphatic rings. The van der Waals surface area contributed by atoms with Crippen LogP contribution in [0.3, 0.4) is 0 Å². The first-order chi connectivity index (χ1) is 22.8. The van der Waals surface area contributed by atoms with Gasteiger partial charge in [-0.15, -0.1) is 0 Å². The van der Waals surface area contributed by atoms with Gasteiger partial charge >= 0.3 is 0 Å².